The van der Waals surface area contributed by atoms with Crippen molar-refractivity contribution in [3.63, 3.8) is 0 Å². The second-order valence-corrected chi connectivity index (χ2v) is 4.84. The first kappa shape index (κ1) is 15.5. The van der Waals surface area contributed by atoms with E-state index in [1.54, 1.807) is 10.9 Å². The number of nitrogens with one attached hydrogen (secondary N) is 1. The standard InChI is InChI=1S/C13H24N4O2/c1-4-17-9-11(14)12(16-17)13(18)15-6-8-19-7-5-10(2)3/h9-10H,4-8,14H2,1-3H3,(H,15,18). The molecule has 1 heterocycles. The molecule has 0 aliphatic carbocycles. The molecule has 0 aliphatic rings. The second-order valence-electron chi connectivity index (χ2n) is 4.84. The van der Waals surface area contributed by atoms with Gasteiger partial charge < -0.3 is 15.8 Å². The maximum Gasteiger partial charge on any atom is 0.274 e. The molecule has 0 aliphatic heterocycles. The van der Waals surface area contributed by atoms with Crippen molar-refractivity contribution in [2.75, 3.05) is 25.5 Å². The van der Waals surface area contributed by atoms with Gasteiger partial charge in [-0.05, 0) is 19.3 Å². The van der Waals surface area contributed by atoms with Crippen LogP contribution in [0.3, 0.4) is 0 Å². The van der Waals surface area contributed by atoms with Gasteiger partial charge in [0, 0.05) is 25.9 Å². The maximum absolute atomic E-state index is 11.8. The zero-order valence-corrected chi connectivity index (χ0v) is 12.0. The minimum Gasteiger partial charge on any atom is -0.396 e. The lowest BCUT2D eigenvalue weighted by molar-refractivity contribution is 0.0901. The number of hydrogen-bond donors (Lipinski definition) is 2. The average molecular weight is 268 g/mol. The molecule has 0 aromatic carbocycles. The van der Waals surface area contributed by atoms with Crippen LogP contribution >= 0.6 is 0 Å². The fourth-order valence-electron chi connectivity index (χ4n) is 1.52. The number of nitrogen functional groups attached to an aromatic ring is 1. The molecule has 0 bridgehead atoms. The second kappa shape index (κ2) is 7.78. The Bertz CT molecular complexity index is 401. The number of nitrogens with two attached hydrogens (primary N) is 1. The highest BCUT2D eigenvalue weighted by Crippen LogP contribution is 2.08. The Morgan fingerprint density at radius 3 is 2.84 bits per heavy atom. The summed E-state index contributed by atoms with van der Waals surface area (Å²) in [6.07, 6.45) is 2.69. The fraction of sp³-hybridized carbons (Fsp3) is 0.692. The first-order chi connectivity index (χ1) is 9.04. The summed E-state index contributed by atoms with van der Waals surface area (Å²) >= 11 is 0. The molecule has 0 spiro atoms. The van der Waals surface area contributed by atoms with Crippen LogP contribution in [0.15, 0.2) is 6.20 Å². The normalized spacial score (nSPS) is 10.9. The van der Waals surface area contributed by atoms with Gasteiger partial charge in [-0.1, -0.05) is 13.8 Å². The smallest absolute Gasteiger partial charge is 0.274 e. The number of rotatable bonds is 8. The van der Waals surface area contributed by atoms with Crippen molar-refractivity contribution < 1.29 is 9.53 Å². The van der Waals surface area contributed by atoms with Crippen molar-refractivity contribution in [3.05, 3.63) is 11.9 Å². The first-order valence-electron chi connectivity index (χ1n) is 6.73. The van der Waals surface area contributed by atoms with E-state index in [-0.39, 0.29) is 11.6 Å². The molecule has 6 nitrogen and oxygen atoms in total. The number of aromatic nitrogens is 2. The van der Waals surface area contributed by atoms with Crippen LogP contribution < -0.4 is 11.1 Å². The molecule has 108 valence electrons. The van der Waals surface area contributed by atoms with Crippen LogP contribution in [0.5, 0.6) is 0 Å². The third kappa shape index (κ3) is 5.30. The van der Waals surface area contributed by atoms with Crippen LogP contribution in [-0.4, -0.2) is 35.4 Å². The number of amides is 1. The molecule has 1 amide bonds. The van der Waals surface area contributed by atoms with Crippen LogP contribution in [0.2, 0.25) is 0 Å². The lowest BCUT2D eigenvalue weighted by Crippen LogP contribution is -2.28. The average Bonchev–Trinajstić information content (AvgIpc) is 2.74. The molecular formula is C13H24N4O2. The van der Waals surface area contributed by atoms with Crippen LogP contribution in [0.1, 0.15) is 37.7 Å². The highest BCUT2D eigenvalue weighted by molar-refractivity contribution is 5.96. The third-order valence-electron chi connectivity index (χ3n) is 2.70. The Morgan fingerprint density at radius 1 is 1.53 bits per heavy atom. The molecule has 0 saturated carbocycles. The van der Waals surface area contributed by atoms with Gasteiger partial charge in [0.2, 0.25) is 0 Å². The Kier molecular flexibility index (Phi) is 6.35. The van der Waals surface area contributed by atoms with Crippen molar-refractivity contribution in [1.29, 1.82) is 0 Å². The summed E-state index contributed by atoms with van der Waals surface area (Å²) in [5, 5.41) is 6.85. The van der Waals surface area contributed by atoms with E-state index in [1.165, 1.54) is 0 Å². The quantitative estimate of drug-likeness (QED) is 0.696. The van der Waals surface area contributed by atoms with E-state index in [0.29, 0.717) is 31.3 Å². The van der Waals surface area contributed by atoms with Gasteiger partial charge in [0.15, 0.2) is 5.69 Å². The fourth-order valence-corrected chi connectivity index (χ4v) is 1.52. The number of aryl methyl sites for hydroxylation is 1. The van der Waals surface area contributed by atoms with Crippen LogP contribution in [0.4, 0.5) is 5.69 Å². The molecule has 19 heavy (non-hydrogen) atoms. The zero-order valence-electron chi connectivity index (χ0n) is 12.0. The van der Waals surface area contributed by atoms with Gasteiger partial charge in [0.25, 0.3) is 5.91 Å². The lowest BCUT2D eigenvalue weighted by Gasteiger charge is -2.07. The molecule has 0 fully saturated rings. The number of nitrogens with zero attached hydrogens (tertiary/aromatic N) is 2. The van der Waals surface area contributed by atoms with E-state index in [2.05, 4.69) is 24.3 Å². The number of carbonyl (C=O) groups excluding carboxylic acids is 1. The van der Waals surface area contributed by atoms with E-state index in [1.807, 2.05) is 6.92 Å². The molecule has 0 radical (unpaired) electrons. The molecule has 6 heteroatoms. The van der Waals surface area contributed by atoms with E-state index < -0.39 is 0 Å². The molecule has 1 aromatic heterocycles. The van der Waals surface area contributed by atoms with Crippen molar-refractivity contribution in [2.24, 2.45) is 5.92 Å². The third-order valence-corrected chi connectivity index (χ3v) is 2.70. The molecular weight excluding hydrogens is 244 g/mol. The Morgan fingerprint density at radius 2 is 2.26 bits per heavy atom. The van der Waals surface area contributed by atoms with Crippen LogP contribution in [-0.2, 0) is 11.3 Å². The molecule has 0 atom stereocenters. The summed E-state index contributed by atoms with van der Waals surface area (Å²) < 4.78 is 7.06. The number of ether oxygens (including phenoxy) is 1. The summed E-state index contributed by atoms with van der Waals surface area (Å²) in [7, 11) is 0. The van der Waals surface area contributed by atoms with Crippen LogP contribution in [0, 0.1) is 5.92 Å². The predicted molar refractivity (Wildman–Crippen MR) is 74.9 cm³/mol. The monoisotopic (exact) mass is 268 g/mol. The molecule has 0 unspecified atom stereocenters. The molecule has 0 saturated heterocycles. The summed E-state index contributed by atoms with van der Waals surface area (Å²) in [6, 6.07) is 0. The van der Waals surface area contributed by atoms with E-state index in [9.17, 15) is 4.79 Å². The van der Waals surface area contributed by atoms with Crippen molar-refractivity contribution in [3.8, 4) is 0 Å². The van der Waals surface area contributed by atoms with Gasteiger partial charge in [-0.25, -0.2) is 0 Å². The molecule has 1 rings (SSSR count). The first-order valence-corrected chi connectivity index (χ1v) is 6.73. The Labute approximate surface area is 114 Å². The number of hydrogen-bond acceptors (Lipinski definition) is 4. The van der Waals surface area contributed by atoms with Gasteiger partial charge in [-0.3, -0.25) is 9.48 Å². The van der Waals surface area contributed by atoms with Gasteiger partial charge >= 0.3 is 0 Å². The lowest BCUT2D eigenvalue weighted by atomic mass is 10.1. The van der Waals surface area contributed by atoms with Gasteiger partial charge in [0.1, 0.15) is 0 Å². The highest BCUT2D eigenvalue weighted by Gasteiger charge is 2.13. The van der Waals surface area contributed by atoms with Crippen LogP contribution in [0.25, 0.3) is 0 Å². The number of anilines is 1. The highest BCUT2D eigenvalue weighted by atomic mass is 16.5. The van der Waals surface area contributed by atoms with Gasteiger partial charge in [0.05, 0.1) is 12.3 Å². The summed E-state index contributed by atoms with van der Waals surface area (Å²) in [4.78, 5) is 11.8. The zero-order chi connectivity index (χ0) is 14.3. The molecule has 3 N–H and O–H groups in total. The largest absolute Gasteiger partial charge is 0.396 e. The SMILES string of the molecule is CCn1cc(N)c(C(=O)NCCOCCC(C)C)n1. The Balaban J connectivity index is 2.25. The summed E-state index contributed by atoms with van der Waals surface area (Å²) in [6.45, 7) is 8.63. The summed E-state index contributed by atoms with van der Waals surface area (Å²) in [5.41, 5.74) is 6.41. The Hall–Kier alpha value is -1.56. The van der Waals surface area contributed by atoms with E-state index in [0.717, 1.165) is 13.0 Å². The van der Waals surface area contributed by atoms with Crippen molar-refractivity contribution >= 4 is 11.6 Å². The van der Waals surface area contributed by atoms with Gasteiger partial charge in [-0.15, -0.1) is 0 Å². The van der Waals surface area contributed by atoms with E-state index in [4.69, 9.17) is 10.5 Å². The van der Waals surface area contributed by atoms with E-state index >= 15 is 0 Å². The number of carbonyl (C=O) groups is 1. The summed E-state index contributed by atoms with van der Waals surface area (Å²) in [5.74, 6) is 0.379. The van der Waals surface area contributed by atoms with Crippen molar-refractivity contribution in [2.45, 2.75) is 33.7 Å². The topological polar surface area (TPSA) is 82.2 Å². The maximum atomic E-state index is 11.8. The predicted octanol–water partition coefficient (Wildman–Crippen LogP) is 1.28. The van der Waals surface area contributed by atoms with Crippen molar-refractivity contribution in [1.82, 2.24) is 15.1 Å². The molecule has 1 aromatic rings. The minimum atomic E-state index is -0.253. The minimum absolute atomic E-state index is 0.253. The van der Waals surface area contributed by atoms with Gasteiger partial charge in [-0.2, -0.15) is 5.10 Å².